The second kappa shape index (κ2) is 4.86. The van der Waals surface area contributed by atoms with E-state index in [-0.39, 0.29) is 0 Å². The van der Waals surface area contributed by atoms with Gasteiger partial charge in [0.05, 0.1) is 18.0 Å². The van der Waals surface area contributed by atoms with Crippen LogP contribution in [-0.2, 0) is 0 Å². The van der Waals surface area contributed by atoms with Crippen molar-refractivity contribution in [3.63, 3.8) is 0 Å². The molecular weight excluding hydrogens is 244 g/mol. The number of nitrogens with zero attached hydrogens (tertiary/aromatic N) is 4. The van der Waals surface area contributed by atoms with E-state index in [1.165, 1.54) is 12.8 Å². The lowest BCUT2D eigenvalue weighted by molar-refractivity contribution is 0.786. The summed E-state index contributed by atoms with van der Waals surface area (Å²) in [6, 6.07) is 4.40. The third kappa shape index (κ3) is 2.56. The van der Waals surface area contributed by atoms with Gasteiger partial charge in [0.15, 0.2) is 0 Å². The van der Waals surface area contributed by atoms with E-state index in [9.17, 15) is 0 Å². The highest BCUT2D eigenvalue weighted by molar-refractivity contribution is 7.07. The van der Waals surface area contributed by atoms with E-state index in [1.807, 2.05) is 29.9 Å². The molecule has 2 aromatic rings. The number of hydrogen-bond acceptors (Lipinski definition) is 4. The third-order valence-electron chi connectivity index (χ3n) is 2.70. The Morgan fingerprint density at radius 1 is 1.50 bits per heavy atom. The van der Waals surface area contributed by atoms with Crippen molar-refractivity contribution in [1.82, 2.24) is 9.66 Å². The van der Waals surface area contributed by atoms with Crippen LogP contribution in [0, 0.1) is 6.92 Å². The zero-order valence-corrected chi connectivity index (χ0v) is 11.0. The van der Waals surface area contributed by atoms with E-state index in [4.69, 9.17) is 0 Å². The minimum atomic E-state index is 0.517. The molecule has 18 heavy (non-hydrogen) atoms. The monoisotopic (exact) mass is 258 g/mol. The van der Waals surface area contributed by atoms with Gasteiger partial charge in [0.1, 0.15) is 0 Å². The van der Waals surface area contributed by atoms with Crippen molar-refractivity contribution in [2.24, 2.45) is 10.1 Å². The van der Waals surface area contributed by atoms with Gasteiger partial charge in [-0.25, -0.2) is 4.68 Å². The van der Waals surface area contributed by atoms with Gasteiger partial charge in [0.25, 0.3) is 0 Å². The molecule has 1 aliphatic carbocycles. The highest BCUT2D eigenvalue weighted by Gasteiger charge is 2.20. The lowest BCUT2D eigenvalue weighted by Crippen LogP contribution is -2.13. The Balaban J connectivity index is 1.92. The lowest BCUT2D eigenvalue weighted by Gasteiger charge is -1.97. The first-order chi connectivity index (χ1) is 8.83. The first-order valence-corrected chi connectivity index (χ1v) is 6.86. The van der Waals surface area contributed by atoms with Gasteiger partial charge >= 0.3 is 0 Å². The van der Waals surface area contributed by atoms with E-state index in [1.54, 1.807) is 23.7 Å². The van der Waals surface area contributed by atoms with Gasteiger partial charge < -0.3 is 0 Å². The minimum Gasteiger partial charge on any atom is -0.264 e. The van der Waals surface area contributed by atoms with Crippen LogP contribution in [0.4, 0.5) is 0 Å². The van der Waals surface area contributed by atoms with Gasteiger partial charge in [-0.05, 0) is 25.8 Å². The average Bonchev–Trinajstić information content (AvgIpc) is 3.14. The topological polar surface area (TPSA) is 42.5 Å². The van der Waals surface area contributed by atoms with Gasteiger partial charge in [-0.15, -0.1) is 11.3 Å². The minimum absolute atomic E-state index is 0.517. The Kier molecular flexibility index (Phi) is 3.06. The molecule has 2 aromatic heterocycles. The van der Waals surface area contributed by atoms with Crippen LogP contribution in [0.3, 0.4) is 0 Å². The van der Waals surface area contributed by atoms with Crippen LogP contribution in [-0.4, -0.2) is 21.9 Å². The van der Waals surface area contributed by atoms with Crippen LogP contribution in [0.25, 0.3) is 0 Å². The van der Waals surface area contributed by atoms with Crippen LogP contribution in [0.5, 0.6) is 0 Å². The van der Waals surface area contributed by atoms with E-state index < -0.39 is 0 Å². The highest BCUT2D eigenvalue weighted by Crippen LogP contribution is 2.22. The standard InChI is InChI=1S/C13H14N4S/c1-10-9-18-13(16-12-4-5-12)17(10)15-8-11-3-2-6-14-7-11/h2-3,6-9,12H,4-5H2,1H3/b15-8+,16-13?. The quantitative estimate of drug-likeness (QED) is 0.778. The van der Waals surface area contributed by atoms with Crippen molar-refractivity contribution in [1.29, 1.82) is 0 Å². The highest BCUT2D eigenvalue weighted by atomic mass is 32.1. The number of pyridine rings is 1. The van der Waals surface area contributed by atoms with Crippen LogP contribution >= 0.6 is 11.3 Å². The molecule has 0 radical (unpaired) electrons. The molecule has 0 bridgehead atoms. The first kappa shape index (κ1) is 11.3. The Morgan fingerprint density at radius 3 is 3.11 bits per heavy atom. The van der Waals surface area contributed by atoms with Crippen LogP contribution < -0.4 is 4.80 Å². The Morgan fingerprint density at radius 2 is 2.39 bits per heavy atom. The number of rotatable bonds is 3. The lowest BCUT2D eigenvalue weighted by atomic mass is 10.3. The summed E-state index contributed by atoms with van der Waals surface area (Å²) in [6.45, 7) is 2.04. The van der Waals surface area contributed by atoms with E-state index in [2.05, 4.69) is 20.5 Å². The summed E-state index contributed by atoms with van der Waals surface area (Å²) < 4.78 is 1.90. The SMILES string of the molecule is Cc1csc(=NC2CC2)n1/N=C/c1cccnc1. The second-order valence-corrected chi connectivity index (χ2v) is 5.20. The molecule has 1 saturated carbocycles. The molecule has 3 rings (SSSR count). The molecule has 0 spiro atoms. The van der Waals surface area contributed by atoms with Crippen molar-refractivity contribution in [3.8, 4) is 0 Å². The predicted molar refractivity (Wildman–Crippen MR) is 72.9 cm³/mol. The van der Waals surface area contributed by atoms with Crippen LogP contribution in [0.15, 0.2) is 40.0 Å². The fraction of sp³-hybridized carbons (Fsp3) is 0.308. The molecular formula is C13H14N4S. The van der Waals surface area contributed by atoms with Gasteiger partial charge in [-0.2, -0.15) is 5.10 Å². The molecule has 0 aromatic carbocycles. The summed E-state index contributed by atoms with van der Waals surface area (Å²) in [4.78, 5) is 9.70. The molecule has 5 heteroatoms. The largest absolute Gasteiger partial charge is 0.264 e. The summed E-state index contributed by atoms with van der Waals surface area (Å²) in [6.07, 6.45) is 7.79. The molecule has 1 fully saturated rings. The van der Waals surface area contributed by atoms with E-state index >= 15 is 0 Å². The summed E-state index contributed by atoms with van der Waals surface area (Å²) in [7, 11) is 0. The molecule has 0 aliphatic heterocycles. The molecule has 0 atom stereocenters. The van der Waals surface area contributed by atoms with Crippen molar-refractivity contribution < 1.29 is 0 Å². The average molecular weight is 258 g/mol. The molecule has 0 amide bonds. The zero-order chi connectivity index (χ0) is 12.4. The van der Waals surface area contributed by atoms with Crippen molar-refractivity contribution >= 4 is 17.6 Å². The number of hydrogen-bond donors (Lipinski definition) is 0. The van der Waals surface area contributed by atoms with Gasteiger partial charge in [-0.1, -0.05) is 6.07 Å². The van der Waals surface area contributed by atoms with Gasteiger partial charge in [0, 0.05) is 23.3 Å². The normalized spacial score (nSPS) is 16.6. The second-order valence-electron chi connectivity index (χ2n) is 4.36. The Bertz CT molecular complexity index is 620. The molecule has 4 nitrogen and oxygen atoms in total. The van der Waals surface area contributed by atoms with E-state index in [0.29, 0.717) is 6.04 Å². The van der Waals surface area contributed by atoms with Crippen molar-refractivity contribution in [3.05, 3.63) is 46.0 Å². The molecule has 0 N–H and O–H groups in total. The summed E-state index contributed by atoms with van der Waals surface area (Å²) in [5.74, 6) is 0. The first-order valence-electron chi connectivity index (χ1n) is 5.98. The number of thiazole rings is 1. The smallest absolute Gasteiger partial charge is 0.206 e. The summed E-state index contributed by atoms with van der Waals surface area (Å²) in [5, 5.41) is 6.57. The van der Waals surface area contributed by atoms with Crippen LogP contribution in [0.2, 0.25) is 0 Å². The Hall–Kier alpha value is -1.75. The third-order valence-corrected chi connectivity index (χ3v) is 3.64. The predicted octanol–water partition coefficient (Wildman–Crippen LogP) is 2.20. The maximum atomic E-state index is 4.66. The van der Waals surface area contributed by atoms with Crippen LogP contribution in [0.1, 0.15) is 24.1 Å². The fourth-order valence-electron chi connectivity index (χ4n) is 1.55. The molecule has 1 aliphatic rings. The fourth-order valence-corrected chi connectivity index (χ4v) is 2.43. The summed E-state index contributed by atoms with van der Waals surface area (Å²) >= 11 is 1.65. The number of aryl methyl sites for hydroxylation is 1. The zero-order valence-electron chi connectivity index (χ0n) is 10.2. The number of aromatic nitrogens is 2. The maximum absolute atomic E-state index is 4.66. The molecule has 2 heterocycles. The van der Waals surface area contributed by atoms with Gasteiger partial charge in [-0.3, -0.25) is 9.98 Å². The molecule has 92 valence electrons. The molecule has 0 unspecified atom stereocenters. The summed E-state index contributed by atoms with van der Waals surface area (Å²) in [5.41, 5.74) is 2.10. The van der Waals surface area contributed by atoms with E-state index in [0.717, 1.165) is 16.1 Å². The van der Waals surface area contributed by atoms with Gasteiger partial charge in [0.2, 0.25) is 4.80 Å². The maximum Gasteiger partial charge on any atom is 0.206 e. The van der Waals surface area contributed by atoms with Crippen molar-refractivity contribution in [2.45, 2.75) is 25.8 Å². The van der Waals surface area contributed by atoms with Crippen molar-refractivity contribution in [2.75, 3.05) is 0 Å². The molecule has 0 saturated heterocycles. The Labute approximate surface area is 109 Å².